The van der Waals surface area contributed by atoms with Crippen LogP contribution in [0.25, 0.3) is 0 Å². The highest BCUT2D eigenvalue weighted by Gasteiger charge is 2.27. The van der Waals surface area contributed by atoms with Crippen LogP contribution < -0.4 is 21.9 Å². The number of piperidine rings is 1. The molecular weight excluding hydrogens is 312 g/mol. The SMILES string of the molecule is C=CC(=O)NN1CCC[C@H](c2ncc(C(N)=O)c3c2=NC(=O)N=3)C1. The van der Waals surface area contributed by atoms with E-state index in [-0.39, 0.29) is 22.7 Å². The molecule has 124 valence electrons. The van der Waals surface area contributed by atoms with Gasteiger partial charge < -0.3 is 5.73 Å². The molecule has 1 atom stereocenters. The largest absolute Gasteiger partial charge is 0.368 e. The predicted molar refractivity (Wildman–Crippen MR) is 82.4 cm³/mol. The minimum Gasteiger partial charge on any atom is -0.365 e. The standard InChI is InChI=1S/C15H16N6O3/c1-2-10(22)20-21-5-3-4-8(7-21)11-13-12(18-15(24)19-13)9(6-17-11)14(16)23/h2,6,8H,1,3-5,7H2,(H2,16,23)(H,20,22)/t8-/m0/s1. The van der Waals surface area contributed by atoms with E-state index in [1.165, 1.54) is 12.3 Å². The summed E-state index contributed by atoms with van der Waals surface area (Å²) in [4.78, 5) is 46.4. The Balaban J connectivity index is 1.95. The average Bonchev–Trinajstić information content (AvgIpc) is 2.94. The van der Waals surface area contributed by atoms with E-state index in [2.05, 4.69) is 27.0 Å². The summed E-state index contributed by atoms with van der Waals surface area (Å²) in [6.07, 6.45) is 4.18. The smallest absolute Gasteiger partial charge is 0.365 e. The first-order valence-corrected chi connectivity index (χ1v) is 7.47. The topological polar surface area (TPSA) is 130 Å². The third kappa shape index (κ3) is 2.93. The van der Waals surface area contributed by atoms with Crippen molar-refractivity contribution in [1.82, 2.24) is 15.4 Å². The van der Waals surface area contributed by atoms with Crippen LogP contribution in [0.3, 0.4) is 0 Å². The maximum absolute atomic E-state index is 11.6. The predicted octanol–water partition coefficient (Wildman–Crippen LogP) is -1.05. The number of hydrogen-bond acceptors (Lipinski definition) is 5. The van der Waals surface area contributed by atoms with Gasteiger partial charge in [0.1, 0.15) is 10.7 Å². The van der Waals surface area contributed by atoms with Crippen molar-refractivity contribution in [2.24, 2.45) is 15.7 Å². The van der Waals surface area contributed by atoms with Crippen molar-refractivity contribution in [2.75, 3.05) is 13.1 Å². The fourth-order valence-corrected chi connectivity index (χ4v) is 2.93. The molecule has 0 aliphatic carbocycles. The third-order valence-corrected chi connectivity index (χ3v) is 4.00. The summed E-state index contributed by atoms with van der Waals surface area (Å²) in [5, 5.41) is 2.27. The lowest BCUT2D eigenvalue weighted by atomic mass is 9.94. The molecule has 3 N–H and O–H groups in total. The van der Waals surface area contributed by atoms with E-state index in [0.717, 1.165) is 12.8 Å². The minimum atomic E-state index is -0.706. The Morgan fingerprint density at radius 3 is 2.83 bits per heavy atom. The second-order valence-corrected chi connectivity index (χ2v) is 5.59. The molecule has 2 aliphatic rings. The maximum Gasteiger partial charge on any atom is 0.368 e. The molecular formula is C15H16N6O3. The Kier molecular flexibility index (Phi) is 4.17. The molecule has 1 aromatic rings. The molecule has 3 heterocycles. The lowest BCUT2D eigenvalue weighted by Crippen LogP contribution is -2.48. The number of rotatable bonds is 4. The Hall–Kier alpha value is -2.94. The number of amides is 4. The van der Waals surface area contributed by atoms with Gasteiger partial charge in [0.15, 0.2) is 0 Å². The zero-order valence-corrected chi connectivity index (χ0v) is 12.9. The summed E-state index contributed by atoms with van der Waals surface area (Å²) in [7, 11) is 0. The van der Waals surface area contributed by atoms with Gasteiger partial charge in [-0.3, -0.25) is 20.0 Å². The van der Waals surface area contributed by atoms with Gasteiger partial charge in [0.2, 0.25) is 0 Å². The highest BCUT2D eigenvalue weighted by molar-refractivity contribution is 5.93. The lowest BCUT2D eigenvalue weighted by molar-refractivity contribution is -0.121. The van der Waals surface area contributed by atoms with Gasteiger partial charge in [0.25, 0.3) is 11.8 Å². The Labute approximate surface area is 136 Å². The molecule has 0 unspecified atom stereocenters. The molecule has 0 radical (unpaired) electrons. The first kappa shape index (κ1) is 15.9. The monoisotopic (exact) mass is 328 g/mol. The number of nitrogens with one attached hydrogen (secondary N) is 1. The molecule has 1 fully saturated rings. The number of carbonyl (C=O) groups is 3. The molecule has 9 heteroatoms. The molecule has 0 spiro atoms. The summed E-state index contributed by atoms with van der Waals surface area (Å²) in [5.74, 6) is -1.04. The van der Waals surface area contributed by atoms with Crippen LogP contribution in [0.15, 0.2) is 28.8 Å². The first-order valence-electron chi connectivity index (χ1n) is 7.47. The summed E-state index contributed by atoms with van der Waals surface area (Å²) < 4.78 is 0. The number of primary amides is 1. The normalized spacial score (nSPS) is 19.8. The number of nitrogens with two attached hydrogens (primary N) is 1. The summed E-state index contributed by atoms with van der Waals surface area (Å²) in [5.41, 5.74) is 8.69. The fourth-order valence-electron chi connectivity index (χ4n) is 2.93. The van der Waals surface area contributed by atoms with Crippen LogP contribution >= 0.6 is 0 Å². The van der Waals surface area contributed by atoms with Crippen LogP contribution in [0.5, 0.6) is 0 Å². The van der Waals surface area contributed by atoms with Crippen LogP contribution in [-0.4, -0.2) is 40.9 Å². The summed E-state index contributed by atoms with van der Waals surface area (Å²) >= 11 is 0. The van der Waals surface area contributed by atoms with Crippen molar-refractivity contribution < 1.29 is 14.4 Å². The number of fused-ring (bicyclic) bond motifs is 1. The molecule has 1 aromatic heterocycles. The Bertz CT molecular complexity index is 863. The number of hydrazine groups is 1. The molecule has 1 saturated heterocycles. The highest BCUT2D eigenvalue weighted by Crippen LogP contribution is 2.22. The van der Waals surface area contributed by atoms with E-state index >= 15 is 0 Å². The second-order valence-electron chi connectivity index (χ2n) is 5.59. The number of urea groups is 1. The number of carbonyl (C=O) groups excluding carboxylic acids is 3. The van der Waals surface area contributed by atoms with Gasteiger partial charge in [-0.1, -0.05) is 6.58 Å². The van der Waals surface area contributed by atoms with E-state index in [0.29, 0.717) is 24.1 Å². The van der Waals surface area contributed by atoms with Gasteiger partial charge in [0.05, 0.1) is 11.3 Å². The van der Waals surface area contributed by atoms with Crippen LogP contribution in [0.4, 0.5) is 4.79 Å². The molecule has 0 bridgehead atoms. The van der Waals surface area contributed by atoms with Gasteiger partial charge in [-0.2, -0.15) is 9.98 Å². The van der Waals surface area contributed by atoms with Gasteiger partial charge in [-0.05, 0) is 18.9 Å². The number of nitrogens with zero attached hydrogens (tertiary/aromatic N) is 4. The Morgan fingerprint density at radius 2 is 2.12 bits per heavy atom. The molecule has 0 saturated carbocycles. The Morgan fingerprint density at radius 1 is 1.38 bits per heavy atom. The first-order chi connectivity index (χ1) is 11.5. The van der Waals surface area contributed by atoms with E-state index in [9.17, 15) is 14.4 Å². The summed E-state index contributed by atoms with van der Waals surface area (Å²) in [6, 6.07) is -0.672. The van der Waals surface area contributed by atoms with E-state index in [1.807, 2.05) is 0 Å². The van der Waals surface area contributed by atoms with Gasteiger partial charge in [0, 0.05) is 25.2 Å². The van der Waals surface area contributed by atoms with Crippen LogP contribution in [0.2, 0.25) is 0 Å². The van der Waals surface area contributed by atoms with Gasteiger partial charge in [-0.25, -0.2) is 9.80 Å². The molecule has 4 amide bonds. The van der Waals surface area contributed by atoms with Crippen molar-refractivity contribution in [1.29, 1.82) is 0 Å². The molecule has 2 aliphatic heterocycles. The minimum absolute atomic E-state index is 0.0515. The zero-order valence-electron chi connectivity index (χ0n) is 12.9. The van der Waals surface area contributed by atoms with Crippen LogP contribution in [0, 0.1) is 0 Å². The highest BCUT2D eigenvalue weighted by atomic mass is 16.2. The van der Waals surface area contributed by atoms with E-state index < -0.39 is 11.9 Å². The number of hydrogen-bond donors (Lipinski definition) is 2. The van der Waals surface area contributed by atoms with E-state index in [1.54, 1.807) is 5.01 Å². The third-order valence-electron chi connectivity index (χ3n) is 4.00. The van der Waals surface area contributed by atoms with Crippen LogP contribution in [0.1, 0.15) is 34.8 Å². The molecule has 0 aromatic carbocycles. The average molecular weight is 328 g/mol. The van der Waals surface area contributed by atoms with Gasteiger partial charge in [-0.15, -0.1) is 0 Å². The summed E-state index contributed by atoms with van der Waals surface area (Å²) in [6.45, 7) is 4.64. The second kappa shape index (κ2) is 6.28. The lowest BCUT2D eigenvalue weighted by Gasteiger charge is -2.32. The molecule has 3 rings (SSSR count). The molecule has 9 nitrogen and oxygen atoms in total. The van der Waals surface area contributed by atoms with Crippen molar-refractivity contribution in [3.05, 3.63) is 40.8 Å². The number of pyridine rings is 1. The number of aromatic nitrogens is 1. The van der Waals surface area contributed by atoms with Crippen molar-refractivity contribution >= 4 is 17.8 Å². The van der Waals surface area contributed by atoms with Crippen molar-refractivity contribution in [2.45, 2.75) is 18.8 Å². The zero-order chi connectivity index (χ0) is 17.3. The van der Waals surface area contributed by atoms with Crippen molar-refractivity contribution in [3.8, 4) is 0 Å². The van der Waals surface area contributed by atoms with Gasteiger partial charge >= 0.3 is 6.03 Å². The van der Waals surface area contributed by atoms with Crippen LogP contribution in [-0.2, 0) is 4.79 Å². The van der Waals surface area contributed by atoms with E-state index in [4.69, 9.17) is 5.73 Å². The molecule has 24 heavy (non-hydrogen) atoms. The quantitative estimate of drug-likeness (QED) is 0.681. The maximum atomic E-state index is 11.6. The fraction of sp³-hybridized carbons (Fsp3) is 0.333. The van der Waals surface area contributed by atoms with Crippen molar-refractivity contribution in [3.63, 3.8) is 0 Å².